The maximum Gasteiger partial charge on any atom is 0.131 e. The van der Waals surface area contributed by atoms with E-state index >= 15 is 0 Å². The minimum Gasteiger partial charge on any atom is -0.391 e. The van der Waals surface area contributed by atoms with Gasteiger partial charge in [0.15, 0.2) is 0 Å². The molecule has 1 aliphatic heterocycles. The number of aliphatic hydroxyl groups is 1. The molecule has 0 spiro atoms. The Kier molecular flexibility index (Phi) is 3.69. The number of aromatic nitrogens is 1. The van der Waals surface area contributed by atoms with Crippen LogP contribution in [0.3, 0.4) is 0 Å². The summed E-state index contributed by atoms with van der Waals surface area (Å²) in [6.07, 6.45) is 3.46. The van der Waals surface area contributed by atoms with Crippen LogP contribution in [0.15, 0.2) is 12.3 Å². The van der Waals surface area contributed by atoms with Crippen molar-refractivity contribution in [2.24, 2.45) is 0 Å². The standard InChI is InChI=1S/C10H12ClIN2O/c11-10-4-9(8(12)5-13-10)14-3-1-2-7(15)6-14/h4-5,7,15H,1-3,6H2/t7-/m0/s1. The van der Waals surface area contributed by atoms with Gasteiger partial charge in [0.05, 0.1) is 15.4 Å². The molecule has 1 saturated heterocycles. The second-order valence-electron chi connectivity index (χ2n) is 3.70. The van der Waals surface area contributed by atoms with Gasteiger partial charge in [-0.3, -0.25) is 0 Å². The molecule has 1 aliphatic rings. The number of β-amino-alcohol motifs (C(OH)–C–C–N with tert-alkyl or cyclic N) is 1. The van der Waals surface area contributed by atoms with Gasteiger partial charge in [-0.15, -0.1) is 0 Å². The Labute approximate surface area is 108 Å². The minimum absolute atomic E-state index is 0.221. The van der Waals surface area contributed by atoms with Crippen molar-refractivity contribution in [2.45, 2.75) is 18.9 Å². The molecule has 2 heterocycles. The largest absolute Gasteiger partial charge is 0.391 e. The fourth-order valence-electron chi connectivity index (χ4n) is 1.82. The Morgan fingerprint density at radius 1 is 1.60 bits per heavy atom. The molecule has 1 atom stereocenters. The summed E-state index contributed by atoms with van der Waals surface area (Å²) in [6.45, 7) is 1.67. The van der Waals surface area contributed by atoms with Crippen LogP contribution in [0.1, 0.15) is 12.8 Å². The van der Waals surface area contributed by atoms with Crippen molar-refractivity contribution in [3.8, 4) is 0 Å². The lowest BCUT2D eigenvalue weighted by Crippen LogP contribution is -2.38. The molecule has 5 heteroatoms. The molecule has 1 aromatic heterocycles. The van der Waals surface area contributed by atoms with Gasteiger partial charge in [0.1, 0.15) is 5.15 Å². The monoisotopic (exact) mass is 338 g/mol. The summed E-state index contributed by atoms with van der Waals surface area (Å²) in [4.78, 5) is 6.19. The molecule has 1 N–H and O–H groups in total. The van der Waals surface area contributed by atoms with Gasteiger partial charge in [-0.25, -0.2) is 4.98 Å². The molecule has 0 bridgehead atoms. The Morgan fingerprint density at radius 2 is 2.40 bits per heavy atom. The van der Waals surface area contributed by atoms with Gasteiger partial charge in [-0.1, -0.05) is 11.6 Å². The zero-order chi connectivity index (χ0) is 10.8. The van der Waals surface area contributed by atoms with E-state index in [1.54, 1.807) is 6.20 Å². The summed E-state index contributed by atoms with van der Waals surface area (Å²) < 4.78 is 1.08. The number of anilines is 1. The number of piperidine rings is 1. The van der Waals surface area contributed by atoms with Gasteiger partial charge < -0.3 is 10.0 Å². The Morgan fingerprint density at radius 3 is 3.13 bits per heavy atom. The molecule has 2 rings (SSSR count). The molecule has 1 aromatic rings. The smallest absolute Gasteiger partial charge is 0.131 e. The second kappa shape index (κ2) is 4.84. The summed E-state index contributed by atoms with van der Waals surface area (Å²) in [7, 11) is 0. The van der Waals surface area contributed by atoms with Crippen LogP contribution in [-0.4, -0.2) is 29.3 Å². The molecule has 0 radical (unpaired) electrons. The SMILES string of the molecule is O[C@H]1CCCN(c2cc(Cl)ncc2I)C1. The van der Waals surface area contributed by atoms with Crippen LogP contribution in [0.5, 0.6) is 0 Å². The fraction of sp³-hybridized carbons (Fsp3) is 0.500. The van der Waals surface area contributed by atoms with Gasteiger partial charge in [-0.05, 0) is 41.5 Å². The quantitative estimate of drug-likeness (QED) is 0.630. The van der Waals surface area contributed by atoms with E-state index < -0.39 is 0 Å². The third-order valence-electron chi connectivity index (χ3n) is 2.54. The number of halogens is 2. The maximum atomic E-state index is 9.61. The average molecular weight is 339 g/mol. The topological polar surface area (TPSA) is 36.4 Å². The number of aliphatic hydroxyl groups excluding tert-OH is 1. The predicted octanol–water partition coefficient (Wildman–Crippen LogP) is 2.30. The highest BCUT2D eigenvalue weighted by Crippen LogP contribution is 2.27. The molecular formula is C10H12ClIN2O. The molecule has 3 nitrogen and oxygen atoms in total. The number of hydrogen-bond donors (Lipinski definition) is 1. The molecule has 15 heavy (non-hydrogen) atoms. The lowest BCUT2D eigenvalue weighted by molar-refractivity contribution is 0.154. The van der Waals surface area contributed by atoms with Gasteiger partial charge in [0, 0.05) is 19.3 Å². The fourth-order valence-corrected chi connectivity index (χ4v) is 2.61. The van der Waals surface area contributed by atoms with E-state index in [0.29, 0.717) is 11.7 Å². The van der Waals surface area contributed by atoms with Crippen LogP contribution in [-0.2, 0) is 0 Å². The number of rotatable bonds is 1. The lowest BCUT2D eigenvalue weighted by Gasteiger charge is -2.32. The predicted molar refractivity (Wildman–Crippen MR) is 69.4 cm³/mol. The second-order valence-corrected chi connectivity index (χ2v) is 5.25. The highest BCUT2D eigenvalue weighted by molar-refractivity contribution is 14.1. The first-order chi connectivity index (χ1) is 7.16. The number of pyridine rings is 1. The van der Waals surface area contributed by atoms with Crippen LogP contribution < -0.4 is 4.90 Å². The Balaban J connectivity index is 2.24. The first-order valence-electron chi connectivity index (χ1n) is 4.91. The van der Waals surface area contributed by atoms with Crippen molar-refractivity contribution >= 4 is 39.9 Å². The molecule has 0 unspecified atom stereocenters. The molecule has 0 aliphatic carbocycles. The molecule has 1 fully saturated rings. The van der Waals surface area contributed by atoms with Crippen LogP contribution in [0.2, 0.25) is 5.15 Å². The van der Waals surface area contributed by atoms with E-state index in [1.807, 2.05) is 6.07 Å². The maximum absolute atomic E-state index is 9.61. The summed E-state index contributed by atoms with van der Waals surface area (Å²) in [5.74, 6) is 0. The van der Waals surface area contributed by atoms with Gasteiger partial charge >= 0.3 is 0 Å². The van der Waals surface area contributed by atoms with E-state index in [1.165, 1.54) is 0 Å². The summed E-state index contributed by atoms with van der Waals surface area (Å²) in [6, 6.07) is 1.86. The third-order valence-corrected chi connectivity index (χ3v) is 3.58. The first kappa shape index (κ1) is 11.4. The highest BCUT2D eigenvalue weighted by atomic mass is 127. The van der Waals surface area contributed by atoms with E-state index in [2.05, 4.69) is 32.5 Å². The van der Waals surface area contributed by atoms with E-state index in [4.69, 9.17) is 11.6 Å². The van der Waals surface area contributed by atoms with E-state index in [0.717, 1.165) is 28.6 Å². The number of nitrogens with zero attached hydrogens (tertiary/aromatic N) is 2. The van der Waals surface area contributed by atoms with Crippen molar-refractivity contribution < 1.29 is 5.11 Å². The molecule has 0 saturated carbocycles. The zero-order valence-corrected chi connectivity index (χ0v) is 11.1. The van der Waals surface area contributed by atoms with Crippen molar-refractivity contribution in [1.29, 1.82) is 0 Å². The minimum atomic E-state index is -0.221. The first-order valence-corrected chi connectivity index (χ1v) is 6.36. The van der Waals surface area contributed by atoms with Crippen molar-refractivity contribution in [3.05, 3.63) is 21.0 Å². The highest BCUT2D eigenvalue weighted by Gasteiger charge is 2.19. The molecule has 0 amide bonds. The zero-order valence-electron chi connectivity index (χ0n) is 8.16. The van der Waals surface area contributed by atoms with Crippen LogP contribution in [0.25, 0.3) is 0 Å². The Hall–Kier alpha value is -0.0700. The van der Waals surface area contributed by atoms with Crippen LogP contribution in [0.4, 0.5) is 5.69 Å². The van der Waals surface area contributed by atoms with Crippen LogP contribution in [0, 0.1) is 3.57 Å². The Bertz CT molecular complexity index is 361. The van der Waals surface area contributed by atoms with Crippen molar-refractivity contribution in [3.63, 3.8) is 0 Å². The van der Waals surface area contributed by atoms with Gasteiger partial charge in [0.25, 0.3) is 0 Å². The molecule has 0 aromatic carbocycles. The van der Waals surface area contributed by atoms with E-state index in [-0.39, 0.29) is 6.10 Å². The van der Waals surface area contributed by atoms with Crippen molar-refractivity contribution in [2.75, 3.05) is 18.0 Å². The third kappa shape index (κ3) is 2.73. The normalized spacial score (nSPS) is 21.8. The van der Waals surface area contributed by atoms with E-state index in [9.17, 15) is 5.11 Å². The summed E-state index contributed by atoms with van der Waals surface area (Å²) in [5.41, 5.74) is 1.08. The van der Waals surface area contributed by atoms with Crippen molar-refractivity contribution in [1.82, 2.24) is 4.98 Å². The molecular weight excluding hydrogens is 326 g/mol. The lowest BCUT2D eigenvalue weighted by atomic mass is 10.1. The van der Waals surface area contributed by atoms with Crippen LogP contribution >= 0.6 is 34.2 Å². The summed E-state index contributed by atoms with van der Waals surface area (Å²) in [5, 5.41) is 10.1. The average Bonchev–Trinajstić information content (AvgIpc) is 2.22. The molecule has 82 valence electrons. The van der Waals surface area contributed by atoms with Gasteiger partial charge in [-0.2, -0.15) is 0 Å². The van der Waals surface area contributed by atoms with Gasteiger partial charge in [0.2, 0.25) is 0 Å². The summed E-state index contributed by atoms with van der Waals surface area (Å²) >= 11 is 8.11. The number of hydrogen-bond acceptors (Lipinski definition) is 3.